The molecule has 162 valence electrons. The second-order valence-electron chi connectivity index (χ2n) is 7.73. The Hall–Kier alpha value is -3.19. The van der Waals surface area contributed by atoms with Crippen LogP contribution in [-0.2, 0) is 17.9 Å². The van der Waals surface area contributed by atoms with Crippen molar-refractivity contribution in [3.05, 3.63) is 70.5 Å². The van der Waals surface area contributed by atoms with Gasteiger partial charge in [0.2, 0.25) is 11.3 Å². The van der Waals surface area contributed by atoms with Crippen LogP contribution < -0.4 is 10.2 Å². The fourth-order valence-electron chi connectivity index (χ4n) is 3.97. The predicted octanol–water partition coefficient (Wildman–Crippen LogP) is 2.53. The van der Waals surface area contributed by atoms with Crippen molar-refractivity contribution in [3.8, 4) is 5.75 Å². The highest BCUT2D eigenvalue weighted by atomic mass is 16.5. The molecule has 0 spiro atoms. The molecule has 1 saturated heterocycles. The molecule has 2 aromatic carbocycles. The maximum atomic E-state index is 12.7. The van der Waals surface area contributed by atoms with Crippen LogP contribution in [0.25, 0.3) is 10.9 Å². The van der Waals surface area contributed by atoms with Crippen molar-refractivity contribution in [1.82, 2.24) is 19.6 Å². The number of carbonyl (C=O) groups is 1. The summed E-state index contributed by atoms with van der Waals surface area (Å²) in [5, 5.41) is 4.85. The normalized spacial score (nSPS) is 14.7. The van der Waals surface area contributed by atoms with E-state index in [1.54, 1.807) is 10.7 Å². The van der Waals surface area contributed by atoms with Gasteiger partial charge in [0, 0.05) is 44.5 Å². The van der Waals surface area contributed by atoms with Gasteiger partial charge in [0.05, 0.1) is 24.9 Å². The molecule has 0 bridgehead atoms. The van der Waals surface area contributed by atoms with E-state index in [1.165, 1.54) is 11.8 Å². The molecule has 1 aromatic heterocycles. The lowest BCUT2D eigenvalue weighted by Crippen LogP contribution is -2.48. The van der Waals surface area contributed by atoms with E-state index in [0.29, 0.717) is 25.0 Å². The van der Waals surface area contributed by atoms with E-state index in [4.69, 9.17) is 4.74 Å². The Balaban J connectivity index is 1.28. The number of piperazine rings is 1. The number of rotatable bonds is 7. The Morgan fingerprint density at radius 1 is 1.03 bits per heavy atom. The summed E-state index contributed by atoms with van der Waals surface area (Å²) in [6.07, 6.45) is 1.70. The molecule has 1 aliphatic rings. The molecule has 1 fully saturated rings. The molecule has 4 rings (SSSR count). The summed E-state index contributed by atoms with van der Waals surface area (Å²) in [5.74, 6) is 1.02. The number of carbonyl (C=O) groups excluding carboxylic acids is 1. The Labute approximate surface area is 181 Å². The monoisotopic (exact) mass is 420 g/mol. The van der Waals surface area contributed by atoms with Gasteiger partial charge in [0.1, 0.15) is 5.75 Å². The second-order valence-corrected chi connectivity index (χ2v) is 7.73. The second kappa shape index (κ2) is 9.75. The van der Waals surface area contributed by atoms with Crippen LogP contribution >= 0.6 is 0 Å². The highest BCUT2D eigenvalue weighted by molar-refractivity contribution is 5.79. The van der Waals surface area contributed by atoms with Gasteiger partial charge in [-0.05, 0) is 36.8 Å². The van der Waals surface area contributed by atoms with Crippen LogP contribution in [0.1, 0.15) is 18.9 Å². The molecule has 2 heterocycles. The van der Waals surface area contributed by atoms with E-state index < -0.39 is 0 Å². The first kappa shape index (κ1) is 21.1. The number of aromatic nitrogens is 2. The molecule has 0 atom stereocenters. The van der Waals surface area contributed by atoms with Crippen LogP contribution in [0.3, 0.4) is 0 Å². The molecular formula is C24H28N4O3. The SMILES string of the molecule is CCOc1ccc(CN2CCN(C(=O)CCn3ncc(=O)c4ccccc43)CC2)cc1. The van der Waals surface area contributed by atoms with Crippen molar-refractivity contribution in [3.63, 3.8) is 0 Å². The van der Waals surface area contributed by atoms with Crippen LogP contribution in [0.15, 0.2) is 59.5 Å². The molecule has 1 amide bonds. The first-order chi connectivity index (χ1) is 15.1. The molecule has 0 N–H and O–H groups in total. The highest BCUT2D eigenvalue weighted by Gasteiger charge is 2.21. The average molecular weight is 421 g/mol. The lowest BCUT2D eigenvalue weighted by molar-refractivity contribution is -0.133. The summed E-state index contributed by atoms with van der Waals surface area (Å²) in [4.78, 5) is 29.0. The summed E-state index contributed by atoms with van der Waals surface area (Å²) < 4.78 is 7.24. The van der Waals surface area contributed by atoms with Gasteiger partial charge < -0.3 is 9.64 Å². The smallest absolute Gasteiger partial charge is 0.224 e. The highest BCUT2D eigenvalue weighted by Crippen LogP contribution is 2.15. The zero-order chi connectivity index (χ0) is 21.6. The number of para-hydroxylation sites is 1. The van der Waals surface area contributed by atoms with Gasteiger partial charge in [-0.15, -0.1) is 0 Å². The largest absolute Gasteiger partial charge is 0.494 e. The van der Waals surface area contributed by atoms with Gasteiger partial charge in [0.15, 0.2) is 0 Å². The lowest BCUT2D eigenvalue weighted by Gasteiger charge is -2.35. The maximum absolute atomic E-state index is 12.7. The van der Waals surface area contributed by atoms with Gasteiger partial charge in [-0.2, -0.15) is 5.10 Å². The van der Waals surface area contributed by atoms with Crippen LogP contribution in [0, 0.1) is 0 Å². The van der Waals surface area contributed by atoms with Crippen molar-refractivity contribution in [2.75, 3.05) is 32.8 Å². The Morgan fingerprint density at radius 3 is 2.52 bits per heavy atom. The first-order valence-electron chi connectivity index (χ1n) is 10.8. The van der Waals surface area contributed by atoms with Crippen LogP contribution in [-0.4, -0.2) is 58.3 Å². The number of hydrogen-bond acceptors (Lipinski definition) is 5. The number of benzene rings is 2. The number of fused-ring (bicyclic) bond motifs is 1. The van der Waals surface area contributed by atoms with E-state index in [0.717, 1.165) is 44.0 Å². The van der Waals surface area contributed by atoms with Gasteiger partial charge in [-0.3, -0.25) is 19.2 Å². The average Bonchev–Trinajstić information content (AvgIpc) is 2.81. The van der Waals surface area contributed by atoms with Crippen molar-refractivity contribution in [2.24, 2.45) is 0 Å². The summed E-state index contributed by atoms with van der Waals surface area (Å²) in [6.45, 7) is 7.17. The first-order valence-corrected chi connectivity index (χ1v) is 10.8. The third-order valence-corrected chi connectivity index (χ3v) is 5.66. The van der Waals surface area contributed by atoms with Crippen molar-refractivity contribution in [1.29, 1.82) is 0 Å². The zero-order valence-corrected chi connectivity index (χ0v) is 17.9. The lowest BCUT2D eigenvalue weighted by atomic mass is 10.2. The van der Waals surface area contributed by atoms with E-state index in [-0.39, 0.29) is 11.3 Å². The third kappa shape index (κ3) is 5.11. The van der Waals surface area contributed by atoms with E-state index in [2.05, 4.69) is 22.1 Å². The number of amides is 1. The summed E-state index contributed by atoms with van der Waals surface area (Å²) in [6, 6.07) is 15.6. The summed E-state index contributed by atoms with van der Waals surface area (Å²) in [7, 11) is 0. The van der Waals surface area contributed by atoms with Crippen LogP contribution in [0.2, 0.25) is 0 Å². The van der Waals surface area contributed by atoms with Gasteiger partial charge in [-0.25, -0.2) is 0 Å². The quantitative estimate of drug-likeness (QED) is 0.588. The standard InChI is InChI=1S/C24H28N4O3/c1-2-31-20-9-7-19(8-10-20)18-26-13-15-27(16-14-26)24(30)11-12-28-22-6-4-3-5-21(22)23(29)17-25-28/h3-10,17H,2,11-16,18H2,1H3. The van der Waals surface area contributed by atoms with E-state index in [1.807, 2.05) is 42.2 Å². The van der Waals surface area contributed by atoms with Crippen LogP contribution in [0.5, 0.6) is 5.75 Å². The molecule has 0 unspecified atom stereocenters. The van der Waals surface area contributed by atoms with Crippen LogP contribution in [0.4, 0.5) is 0 Å². The Morgan fingerprint density at radius 2 is 1.77 bits per heavy atom. The number of hydrogen-bond donors (Lipinski definition) is 0. The van der Waals surface area contributed by atoms with E-state index in [9.17, 15) is 9.59 Å². The molecule has 0 saturated carbocycles. The third-order valence-electron chi connectivity index (χ3n) is 5.66. The fourth-order valence-corrected chi connectivity index (χ4v) is 3.97. The van der Waals surface area contributed by atoms with Crippen molar-refractivity contribution >= 4 is 16.8 Å². The molecule has 3 aromatic rings. The Bertz CT molecular complexity index is 1090. The number of ether oxygens (including phenoxy) is 1. The molecule has 31 heavy (non-hydrogen) atoms. The van der Waals surface area contributed by atoms with Gasteiger partial charge in [-0.1, -0.05) is 24.3 Å². The molecule has 7 heteroatoms. The summed E-state index contributed by atoms with van der Waals surface area (Å²) >= 11 is 0. The Kier molecular flexibility index (Phi) is 6.62. The minimum absolute atomic E-state index is 0.0955. The van der Waals surface area contributed by atoms with Crippen molar-refractivity contribution < 1.29 is 9.53 Å². The molecule has 7 nitrogen and oxygen atoms in total. The predicted molar refractivity (Wildman–Crippen MR) is 120 cm³/mol. The maximum Gasteiger partial charge on any atom is 0.224 e. The van der Waals surface area contributed by atoms with Gasteiger partial charge in [0.25, 0.3) is 0 Å². The number of nitrogens with zero attached hydrogens (tertiary/aromatic N) is 4. The van der Waals surface area contributed by atoms with Crippen molar-refractivity contribution in [2.45, 2.75) is 26.4 Å². The van der Waals surface area contributed by atoms with Gasteiger partial charge >= 0.3 is 0 Å². The molecule has 0 aliphatic carbocycles. The van der Waals surface area contributed by atoms with E-state index >= 15 is 0 Å². The molecular weight excluding hydrogens is 392 g/mol. The molecule has 1 aliphatic heterocycles. The minimum Gasteiger partial charge on any atom is -0.494 e. The number of aryl methyl sites for hydroxylation is 1. The minimum atomic E-state index is -0.0955. The molecule has 0 radical (unpaired) electrons. The fraction of sp³-hybridized carbons (Fsp3) is 0.375. The summed E-state index contributed by atoms with van der Waals surface area (Å²) in [5.41, 5.74) is 1.92. The zero-order valence-electron chi connectivity index (χ0n) is 17.9. The topological polar surface area (TPSA) is 67.7 Å².